The van der Waals surface area contributed by atoms with Crippen molar-refractivity contribution < 1.29 is 14.3 Å². The van der Waals surface area contributed by atoms with Crippen molar-refractivity contribution in [1.29, 1.82) is 0 Å². The lowest BCUT2D eigenvalue weighted by atomic mass is 10.2. The van der Waals surface area contributed by atoms with Crippen LogP contribution in [0.25, 0.3) is 11.4 Å². The van der Waals surface area contributed by atoms with Crippen LogP contribution in [-0.4, -0.2) is 38.8 Å². The smallest absolute Gasteiger partial charge is 0.246 e. The van der Waals surface area contributed by atoms with Gasteiger partial charge in [-0.3, -0.25) is 9.47 Å². The van der Waals surface area contributed by atoms with Gasteiger partial charge in [0.25, 0.3) is 0 Å². The van der Waals surface area contributed by atoms with Crippen LogP contribution in [0.5, 0.6) is 11.5 Å². The highest BCUT2D eigenvalue weighted by atomic mass is 32.1. The van der Waals surface area contributed by atoms with E-state index in [9.17, 15) is 4.79 Å². The highest BCUT2D eigenvalue weighted by molar-refractivity contribution is 7.71. The minimum Gasteiger partial charge on any atom is -0.497 e. The van der Waals surface area contributed by atoms with Crippen LogP contribution in [0.4, 0.5) is 5.69 Å². The van der Waals surface area contributed by atoms with Gasteiger partial charge in [0.1, 0.15) is 18.0 Å². The van der Waals surface area contributed by atoms with Gasteiger partial charge in [0.05, 0.1) is 13.7 Å². The predicted octanol–water partition coefficient (Wildman–Crippen LogP) is 4.24. The van der Waals surface area contributed by atoms with Crippen LogP contribution in [0.1, 0.15) is 6.92 Å². The van der Waals surface area contributed by atoms with Crippen LogP contribution in [0.15, 0.2) is 73.1 Å². The summed E-state index contributed by atoms with van der Waals surface area (Å²) in [6.07, 6.45) is 3.73. The predicted molar refractivity (Wildman–Crippen MR) is 125 cm³/mol. The molecule has 0 saturated heterocycles. The largest absolute Gasteiger partial charge is 0.497 e. The molecule has 164 valence electrons. The molecule has 1 N–H and O–H groups in total. The zero-order valence-corrected chi connectivity index (χ0v) is 18.6. The molecule has 4 rings (SSSR count). The molecule has 0 atom stereocenters. The van der Waals surface area contributed by atoms with Gasteiger partial charge in [-0.1, -0.05) is 12.1 Å². The van der Waals surface area contributed by atoms with E-state index >= 15 is 0 Å². The molecule has 4 aromatic rings. The number of benzene rings is 2. The lowest BCUT2D eigenvalue weighted by molar-refractivity contribution is -0.116. The number of hydrogen-bond acceptors (Lipinski definition) is 5. The van der Waals surface area contributed by atoms with Crippen LogP contribution in [0.3, 0.4) is 0 Å². The SMILES string of the molecule is CCOc1ccc(NC(=O)Cn2nc(-c3cccc(OC)c3)n(-n3cccc3)c2=S)cc1. The molecule has 8 nitrogen and oxygen atoms in total. The van der Waals surface area contributed by atoms with Crippen molar-refractivity contribution in [3.63, 3.8) is 0 Å². The van der Waals surface area contributed by atoms with Crippen LogP contribution in [0, 0.1) is 4.77 Å². The summed E-state index contributed by atoms with van der Waals surface area (Å²) in [4.78, 5) is 12.7. The van der Waals surface area contributed by atoms with Gasteiger partial charge >= 0.3 is 0 Å². The number of nitrogens with one attached hydrogen (secondary N) is 1. The first-order chi connectivity index (χ1) is 15.6. The van der Waals surface area contributed by atoms with Gasteiger partial charge in [0.2, 0.25) is 10.7 Å². The lowest BCUT2D eigenvalue weighted by Gasteiger charge is -2.08. The summed E-state index contributed by atoms with van der Waals surface area (Å²) in [5.74, 6) is 1.81. The average Bonchev–Trinajstić information content (AvgIpc) is 3.43. The summed E-state index contributed by atoms with van der Waals surface area (Å²) in [6, 6.07) is 18.5. The lowest BCUT2D eigenvalue weighted by Crippen LogP contribution is -2.20. The molecule has 0 saturated carbocycles. The fourth-order valence-corrected chi connectivity index (χ4v) is 3.54. The van der Waals surface area contributed by atoms with Gasteiger partial charge in [-0.25, -0.2) is 9.36 Å². The standard InChI is InChI=1S/C23H23N5O3S/c1-3-31-19-11-9-18(10-12-19)24-21(29)16-27-23(32)28(26-13-4-5-14-26)22(25-27)17-7-6-8-20(15-17)30-2/h4-15H,3,16H2,1-2H3,(H,24,29). The van der Waals surface area contributed by atoms with Crippen molar-refractivity contribution in [1.82, 2.24) is 19.1 Å². The van der Waals surface area contributed by atoms with Crippen molar-refractivity contribution in [2.45, 2.75) is 13.5 Å². The van der Waals surface area contributed by atoms with Crippen molar-refractivity contribution in [2.24, 2.45) is 0 Å². The summed E-state index contributed by atoms with van der Waals surface area (Å²) < 4.78 is 16.3. The molecular weight excluding hydrogens is 426 g/mol. The van der Waals surface area contributed by atoms with Crippen LogP contribution < -0.4 is 14.8 Å². The Kier molecular flexibility index (Phi) is 6.37. The van der Waals surface area contributed by atoms with E-state index in [-0.39, 0.29) is 12.5 Å². The van der Waals surface area contributed by atoms with E-state index in [4.69, 9.17) is 21.7 Å². The second kappa shape index (κ2) is 9.52. The second-order valence-corrected chi connectivity index (χ2v) is 7.24. The van der Waals surface area contributed by atoms with E-state index in [2.05, 4.69) is 10.4 Å². The Morgan fingerprint density at radius 1 is 1.06 bits per heavy atom. The Balaban J connectivity index is 1.63. The second-order valence-electron chi connectivity index (χ2n) is 6.88. The summed E-state index contributed by atoms with van der Waals surface area (Å²) in [7, 11) is 1.61. The molecule has 2 aromatic heterocycles. The van der Waals surface area contributed by atoms with E-state index in [1.807, 2.05) is 72.5 Å². The number of carbonyl (C=O) groups is 1. The highest BCUT2D eigenvalue weighted by Crippen LogP contribution is 2.23. The topological polar surface area (TPSA) is 75.2 Å². The molecular formula is C23H23N5O3S. The molecule has 0 fully saturated rings. The van der Waals surface area contributed by atoms with Gasteiger partial charge < -0.3 is 14.8 Å². The molecule has 0 spiro atoms. The number of hydrogen-bond donors (Lipinski definition) is 1. The molecule has 0 aliphatic heterocycles. The Morgan fingerprint density at radius 3 is 2.50 bits per heavy atom. The van der Waals surface area contributed by atoms with E-state index in [0.717, 1.165) is 11.3 Å². The maximum Gasteiger partial charge on any atom is 0.246 e. The number of rotatable bonds is 8. The van der Waals surface area contributed by atoms with Gasteiger partial charge in [-0.15, -0.1) is 5.10 Å². The Bertz CT molecular complexity index is 1260. The maximum absolute atomic E-state index is 12.7. The first-order valence-corrected chi connectivity index (χ1v) is 10.5. The third-order valence-electron chi connectivity index (χ3n) is 4.71. The minimum absolute atomic E-state index is 0.0305. The third-order valence-corrected chi connectivity index (χ3v) is 5.09. The molecule has 9 heteroatoms. The zero-order valence-electron chi connectivity index (χ0n) is 17.8. The number of amides is 1. The van der Waals surface area contributed by atoms with Crippen molar-refractivity contribution in [3.05, 3.63) is 77.8 Å². The summed E-state index contributed by atoms with van der Waals surface area (Å²) in [5.41, 5.74) is 1.48. The normalized spacial score (nSPS) is 10.7. The van der Waals surface area contributed by atoms with E-state index in [0.29, 0.717) is 28.6 Å². The Morgan fingerprint density at radius 2 is 1.81 bits per heavy atom. The fourth-order valence-electron chi connectivity index (χ4n) is 3.25. The average molecular weight is 450 g/mol. The number of methoxy groups -OCH3 is 1. The number of nitrogens with zero attached hydrogens (tertiary/aromatic N) is 4. The zero-order chi connectivity index (χ0) is 22.5. The number of anilines is 1. The monoisotopic (exact) mass is 449 g/mol. The molecule has 0 aliphatic rings. The van der Waals surface area contributed by atoms with Gasteiger partial charge in [0, 0.05) is 23.6 Å². The van der Waals surface area contributed by atoms with E-state index in [1.54, 1.807) is 23.9 Å². The number of ether oxygens (including phenoxy) is 2. The number of carbonyl (C=O) groups excluding carboxylic acids is 1. The van der Waals surface area contributed by atoms with Gasteiger partial charge in [0.15, 0.2) is 5.82 Å². The maximum atomic E-state index is 12.7. The molecule has 0 bridgehead atoms. The van der Waals surface area contributed by atoms with Crippen molar-refractivity contribution in [2.75, 3.05) is 19.0 Å². The van der Waals surface area contributed by atoms with Gasteiger partial charge in [-0.05, 0) is 67.7 Å². The fraction of sp³-hybridized carbons (Fsp3) is 0.174. The highest BCUT2D eigenvalue weighted by Gasteiger charge is 2.17. The van der Waals surface area contributed by atoms with E-state index < -0.39 is 0 Å². The quantitative estimate of drug-likeness (QED) is 0.407. The molecule has 1 amide bonds. The van der Waals surface area contributed by atoms with E-state index in [1.165, 1.54) is 4.68 Å². The molecule has 0 unspecified atom stereocenters. The Labute approximate surface area is 190 Å². The van der Waals surface area contributed by atoms with Gasteiger partial charge in [-0.2, -0.15) is 0 Å². The van der Waals surface area contributed by atoms with Crippen molar-refractivity contribution in [3.8, 4) is 22.9 Å². The Hall–Kier alpha value is -3.85. The van der Waals surface area contributed by atoms with Crippen LogP contribution >= 0.6 is 12.2 Å². The summed E-state index contributed by atoms with van der Waals surface area (Å²) >= 11 is 5.67. The molecule has 32 heavy (non-hydrogen) atoms. The molecule has 2 heterocycles. The third kappa shape index (κ3) is 4.57. The first-order valence-electron chi connectivity index (χ1n) is 10.1. The number of aromatic nitrogens is 4. The van der Waals surface area contributed by atoms with Crippen molar-refractivity contribution >= 4 is 23.8 Å². The first kappa shape index (κ1) is 21.4. The van der Waals surface area contributed by atoms with Crippen LogP contribution in [0.2, 0.25) is 0 Å². The molecule has 2 aromatic carbocycles. The van der Waals surface area contributed by atoms with Crippen LogP contribution in [-0.2, 0) is 11.3 Å². The molecule has 0 radical (unpaired) electrons. The summed E-state index contributed by atoms with van der Waals surface area (Å²) in [5, 5.41) is 7.52. The minimum atomic E-state index is -0.236. The molecule has 0 aliphatic carbocycles. The summed E-state index contributed by atoms with van der Waals surface area (Å²) in [6.45, 7) is 2.48.